The molecule has 0 amide bonds. The van der Waals surface area contributed by atoms with Crippen molar-refractivity contribution in [3.05, 3.63) is 59.9 Å². The Morgan fingerprint density at radius 2 is 1.67 bits per heavy atom. The standard InChI is InChI=1S/C18H23FN2/c1-13(2)21(4)18-11-10-16(12-17(18)19)20-14(3)15-8-6-5-7-9-15/h5-14,20H,1-4H3. The minimum Gasteiger partial charge on any atom is -0.378 e. The van der Waals surface area contributed by atoms with Gasteiger partial charge in [0.1, 0.15) is 5.82 Å². The summed E-state index contributed by atoms with van der Waals surface area (Å²) in [6.07, 6.45) is 0. The normalized spacial score (nSPS) is 12.3. The van der Waals surface area contributed by atoms with Crippen LogP contribution in [0.15, 0.2) is 48.5 Å². The highest BCUT2D eigenvalue weighted by atomic mass is 19.1. The van der Waals surface area contributed by atoms with E-state index >= 15 is 0 Å². The number of nitrogens with one attached hydrogen (secondary N) is 1. The first kappa shape index (κ1) is 15.4. The molecule has 2 rings (SSSR count). The molecule has 0 spiro atoms. The van der Waals surface area contributed by atoms with Gasteiger partial charge in [0.15, 0.2) is 0 Å². The van der Waals surface area contributed by atoms with Crippen LogP contribution < -0.4 is 10.2 Å². The summed E-state index contributed by atoms with van der Waals surface area (Å²) in [5, 5.41) is 3.34. The molecule has 0 radical (unpaired) electrons. The van der Waals surface area contributed by atoms with Crippen molar-refractivity contribution >= 4 is 11.4 Å². The third kappa shape index (κ3) is 3.75. The van der Waals surface area contributed by atoms with E-state index in [1.54, 1.807) is 6.07 Å². The predicted octanol–water partition coefficient (Wildman–Crippen LogP) is 4.84. The van der Waals surface area contributed by atoms with E-state index < -0.39 is 0 Å². The minimum absolute atomic E-state index is 0.138. The summed E-state index contributed by atoms with van der Waals surface area (Å²) in [7, 11) is 1.91. The molecular weight excluding hydrogens is 263 g/mol. The van der Waals surface area contributed by atoms with Crippen LogP contribution in [0.4, 0.5) is 15.8 Å². The van der Waals surface area contributed by atoms with Gasteiger partial charge in [-0.05, 0) is 44.5 Å². The molecule has 0 saturated heterocycles. The number of nitrogens with zero attached hydrogens (tertiary/aromatic N) is 1. The predicted molar refractivity (Wildman–Crippen MR) is 88.4 cm³/mol. The molecule has 0 fully saturated rings. The Morgan fingerprint density at radius 1 is 1.00 bits per heavy atom. The van der Waals surface area contributed by atoms with Gasteiger partial charge in [-0.3, -0.25) is 0 Å². The second-order valence-electron chi connectivity index (χ2n) is 5.65. The number of hydrogen-bond acceptors (Lipinski definition) is 2. The van der Waals surface area contributed by atoms with Crippen LogP contribution in [0.3, 0.4) is 0 Å². The van der Waals surface area contributed by atoms with Crippen LogP contribution >= 0.6 is 0 Å². The quantitative estimate of drug-likeness (QED) is 0.845. The molecule has 1 atom stereocenters. The Morgan fingerprint density at radius 3 is 2.24 bits per heavy atom. The fraction of sp³-hybridized carbons (Fsp3) is 0.333. The lowest BCUT2D eigenvalue weighted by Crippen LogP contribution is -2.26. The van der Waals surface area contributed by atoms with Crippen molar-refractivity contribution in [2.75, 3.05) is 17.3 Å². The summed E-state index contributed by atoms with van der Waals surface area (Å²) < 4.78 is 14.2. The first-order chi connectivity index (χ1) is 9.99. The second kappa shape index (κ2) is 6.61. The van der Waals surface area contributed by atoms with Gasteiger partial charge in [-0.25, -0.2) is 4.39 Å². The Kier molecular flexibility index (Phi) is 4.84. The Labute approximate surface area is 126 Å². The largest absolute Gasteiger partial charge is 0.378 e. The third-order valence-corrected chi connectivity index (χ3v) is 3.79. The summed E-state index contributed by atoms with van der Waals surface area (Å²) in [4.78, 5) is 1.93. The van der Waals surface area contributed by atoms with E-state index in [0.717, 1.165) is 5.69 Å². The molecule has 2 aromatic rings. The lowest BCUT2D eigenvalue weighted by molar-refractivity contribution is 0.614. The molecule has 0 aliphatic rings. The van der Waals surface area contributed by atoms with Gasteiger partial charge >= 0.3 is 0 Å². The lowest BCUT2D eigenvalue weighted by atomic mass is 10.1. The SMILES string of the molecule is CC(Nc1ccc(N(C)C(C)C)c(F)c1)c1ccccc1. The van der Waals surface area contributed by atoms with Crippen LogP contribution in [0, 0.1) is 5.82 Å². The highest BCUT2D eigenvalue weighted by molar-refractivity contribution is 5.57. The number of anilines is 2. The van der Waals surface area contributed by atoms with E-state index in [0.29, 0.717) is 5.69 Å². The summed E-state index contributed by atoms with van der Waals surface area (Å²) in [6, 6.07) is 15.9. The molecule has 0 saturated carbocycles. The van der Waals surface area contributed by atoms with Crippen LogP contribution in [0.5, 0.6) is 0 Å². The summed E-state index contributed by atoms with van der Waals surface area (Å²) >= 11 is 0. The van der Waals surface area contributed by atoms with Gasteiger partial charge in [0.25, 0.3) is 0 Å². The maximum atomic E-state index is 14.2. The average molecular weight is 286 g/mol. The van der Waals surface area contributed by atoms with Crippen molar-refractivity contribution in [2.45, 2.75) is 32.9 Å². The van der Waals surface area contributed by atoms with E-state index in [2.05, 4.69) is 24.4 Å². The van der Waals surface area contributed by atoms with Gasteiger partial charge in [-0.1, -0.05) is 30.3 Å². The monoisotopic (exact) mass is 286 g/mol. The molecule has 0 heterocycles. The van der Waals surface area contributed by atoms with Crippen molar-refractivity contribution < 1.29 is 4.39 Å². The van der Waals surface area contributed by atoms with Crippen LogP contribution in [-0.2, 0) is 0 Å². The van der Waals surface area contributed by atoms with Gasteiger partial charge in [0, 0.05) is 24.8 Å². The fourth-order valence-electron chi connectivity index (χ4n) is 2.24. The number of halogens is 1. The Balaban J connectivity index is 2.14. The summed E-state index contributed by atoms with van der Waals surface area (Å²) in [5.41, 5.74) is 2.61. The van der Waals surface area contributed by atoms with E-state index in [9.17, 15) is 4.39 Å². The maximum absolute atomic E-state index is 14.2. The molecule has 2 aromatic carbocycles. The Bertz CT molecular complexity index is 581. The van der Waals surface area contributed by atoms with Crippen LogP contribution in [-0.4, -0.2) is 13.1 Å². The first-order valence-corrected chi connectivity index (χ1v) is 7.33. The van der Waals surface area contributed by atoms with E-state index in [1.807, 2.05) is 56.1 Å². The van der Waals surface area contributed by atoms with Crippen molar-refractivity contribution in [2.24, 2.45) is 0 Å². The molecule has 112 valence electrons. The highest BCUT2D eigenvalue weighted by Gasteiger charge is 2.12. The molecule has 1 N–H and O–H groups in total. The van der Waals surface area contributed by atoms with Crippen molar-refractivity contribution in [3.63, 3.8) is 0 Å². The number of hydrogen-bond donors (Lipinski definition) is 1. The molecule has 2 nitrogen and oxygen atoms in total. The zero-order valence-corrected chi connectivity index (χ0v) is 13.1. The topological polar surface area (TPSA) is 15.3 Å². The Hall–Kier alpha value is -2.03. The van der Waals surface area contributed by atoms with Gasteiger partial charge in [-0.2, -0.15) is 0 Å². The van der Waals surface area contributed by atoms with E-state index in [-0.39, 0.29) is 17.9 Å². The molecule has 0 aliphatic heterocycles. The molecule has 0 aromatic heterocycles. The fourth-order valence-corrected chi connectivity index (χ4v) is 2.24. The molecular formula is C18H23FN2. The highest BCUT2D eigenvalue weighted by Crippen LogP contribution is 2.26. The summed E-state index contributed by atoms with van der Waals surface area (Å²) in [6.45, 7) is 6.16. The van der Waals surface area contributed by atoms with Gasteiger partial charge in [-0.15, -0.1) is 0 Å². The van der Waals surface area contributed by atoms with E-state index in [1.165, 1.54) is 5.56 Å². The van der Waals surface area contributed by atoms with Crippen LogP contribution in [0.25, 0.3) is 0 Å². The first-order valence-electron chi connectivity index (χ1n) is 7.33. The number of benzene rings is 2. The lowest BCUT2D eigenvalue weighted by Gasteiger charge is -2.25. The molecule has 1 unspecified atom stereocenters. The van der Waals surface area contributed by atoms with Crippen molar-refractivity contribution in [1.29, 1.82) is 0 Å². The minimum atomic E-state index is -0.198. The molecule has 21 heavy (non-hydrogen) atoms. The zero-order valence-electron chi connectivity index (χ0n) is 13.1. The molecule has 0 aliphatic carbocycles. The third-order valence-electron chi connectivity index (χ3n) is 3.79. The van der Waals surface area contributed by atoms with Crippen molar-refractivity contribution in [1.82, 2.24) is 0 Å². The number of rotatable bonds is 5. The van der Waals surface area contributed by atoms with E-state index in [4.69, 9.17) is 0 Å². The van der Waals surface area contributed by atoms with Crippen LogP contribution in [0.2, 0.25) is 0 Å². The zero-order chi connectivity index (χ0) is 15.4. The average Bonchev–Trinajstić information content (AvgIpc) is 2.47. The van der Waals surface area contributed by atoms with Gasteiger partial charge in [0.2, 0.25) is 0 Å². The van der Waals surface area contributed by atoms with Gasteiger partial charge in [0.05, 0.1) is 5.69 Å². The smallest absolute Gasteiger partial charge is 0.148 e. The maximum Gasteiger partial charge on any atom is 0.148 e. The van der Waals surface area contributed by atoms with Gasteiger partial charge < -0.3 is 10.2 Å². The van der Waals surface area contributed by atoms with Crippen LogP contribution in [0.1, 0.15) is 32.4 Å². The molecule has 3 heteroatoms. The molecule has 0 bridgehead atoms. The second-order valence-corrected chi connectivity index (χ2v) is 5.65. The van der Waals surface area contributed by atoms with Crippen molar-refractivity contribution in [3.8, 4) is 0 Å². The summed E-state index contributed by atoms with van der Waals surface area (Å²) in [5.74, 6) is -0.198.